The van der Waals surface area contributed by atoms with Gasteiger partial charge in [-0.25, -0.2) is 4.98 Å². The number of hydrogen-bond donors (Lipinski definition) is 2. The molecular formula is C25H29N7O. The van der Waals surface area contributed by atoms with Crippen molar-refractivity contribution in [3.63, 3.8) is 0 Å². The zero-order chi connectivity index (χ0) is 23.4. The van der Waals surface area contributed by atoms with E-state index in [1.165, 1.54) is 11.1 Å². The maximum atomic E-state index is 13.2. The SMILES string of the molecule is Cc1ccc([C@@H](C)CN[C@H](C(=O)Nc2ccc(-c3cnn(C)c3)cn2)c2cnn(C)c2)cc1. The van der Waals surface area contributed by atoms with Gasteiger partial charge in [0.15, 0.2) is 0 Å². The molecule has 0 saturated carbocycles. The molecule has 2 atom stereocenters. The van der Waals surface area contributed by atoms with Gasteiger partial charge in [0.25, 0.3) is 0 Å². The Labute approximate surface area is 193 Å². The van der Waals surface area contributed by atoms with Crippen molar-refractivity contribution in [2.75, 3.05) is 11.9 Å². The Morgan fingerprint density at radius 2 is 1.64 bits per heavy atom. The molecular weight excluding hydrogens is 414 g/mol. The van der Waals surface area contributed by atoms with E-state index in [0.29, 0.717) is 12.4 Å². The molecule has 0 radical (unpaired) electrons. The van der Waals surface area contributed by atoms with Gasteiger partial charge in [0.2, 0.25) is 5.91 Å². The summed E-state index contributed by atoms with van der Waals surface area (Å²) in [7, 11) is 3.71. The second-order valence-electron chi connectivity index (χ2n) is 8.42. The Balaban J connectivity index is 1.46. The number of pyridine rings is 1. The normalized spacial score (nSPS) is 13.0. The van der Waals surface area contributed by atoms with E-state index in [0.717, 1.165) is 16.7 Å². The predicted octanol–water partition coefficient (Wildman–Crippen LogP) is 3.60. The summed E-state index contributed by atoms with van der Waals surface area (Å²) in [4.78, 5) is 17.6. The molecule has 0 aliphatic carbocycles. The van der Waals surface area contributed by atoms with Gasteiger partial charge in [-0.1, -0.05) is 36.8 Å². The fourth-order valence-electron chi connectivity index (χ4n) is 3.67. The highest BCUT2D eigenvalue weighted by Gasteiger charge is 2.23. The second-order valence-corrected chi connectivity index (χ2v) is 8.42. The first kappa shape index (κ1) is 22.4. The first-order valence-electron chi connectivity index (χ1n) is 10.9. The molecule has 4 rings (SSSR count). The standard InChI is InChI=1S/C25H29N7O/c1-17-5-7-19(8-6-17)18(2)11-27-24(22-14-29-32(4)16-22)25(33)30-23-10-9-20(12-26-23)21-13-28-31(3)15-21/h5-10,12-16,18,24,27H,11H2,1-4H3,(H,26,30,33)/t18-,24-/m0/s1. The third kappa shape index (κ3) is 5.53. The van der Waals surface area contributed by atoms with Crippen molar-refractivity contribution >= 4 is 11.7 Å². The summed E-state index contributed by atoms with van der Waals surface area (Å²) in [5.74, 6) is 0.560. The number of nitrogens with one attached hydrogen (secondary N) is 2. The molecule has 2 N–H and O–H groups in total. The third-order valence-corrected chi connectivity index (χ3v) is 5.65. The van der Waals surface area contributed by atoms with E-state index in [1.807, 2.05) is 32.6 Å². The lowest BCUT2D eigenvalue weighted by Gasteiger charge is -2.20. The fourth-order valence-corrected chi connectivity index (χ4v) is 3.67. The van der Waals surface area contributed by atoms with Crippen LogP contribution in [0.25, 0.3) is 11.1 Å². The fraction of sp³-hybridized carbons (Fsp3) is 0.280. The van der Waals surface area contributed by atoms with Crippen LogP contribution in [-0.4, -0.2) is 37.0 Å². The zero-order valence-electron chi connectivity index (χ0n) is 19.4. The first-order chi connectivity index (χ1) is 15.9. The van der Waals surface area contributed by atoms with Crippen molar-refractivity contribution in [2.24, 2.45) is 14.1 Å². The molecule has 33 heavy (non-hydrogen) atoms. The molecule has 4 aromatic rings. The lowest BCUT2D eigenvalue weighted by molar-refractivity contribution is -0.118. The van der Waals surface area contributed by atoms with Crippen LogP contribution in [0.2, 0.25) is 0 Å². The molecule has 3 heterocycles. The monoisotopic (exact) mass is 443 g/mol. The Bertz CT molecular complexity index is 1210. The number of aromatic nitrogens is 5. The van der Waals surface area contributed by atoms with Gasteiger partial charge in [-0.15, -0.1) is 0 Å². The summed E-state index contributed by atoms with van der Waals surface area (Å²) in [6, 6.07) is 11.7. The van der Waals surface area contributed by atoms with Gasteiger partial charge in [-0.2, -0.15) is 10.2 Å². The molecule has 3 aromatic heterocycles. The van der Waals surface area contributed by atoms with Crippen molar-refractivity contribution in [2.45, 2.75) is 25.8 Å². The van der Waals surface area contributed by atoms with Gasteiger partial charge in [0.05, 0.1) is 12.4 Å². The van der Waals surface area contributed by atoms with E-state index < -0.39 is 6.04 Å². The molecule has 0 bridgehead atoms. The van der Waals surface area contributed by atoms with Crippen molar-refractivity contribution in [3.8, 4) is 11.1 Å². The van der Waals surface area contributed by atoms with Gasteiger partial charge in [-0.3, -0.25) is 14.2 Å². The highest BCUT2D eigenvalue weighted by Crippen LogP contribution is 2.21. The van der Waals surface area contributed by atoms with E-state index in [1.54, 1.807) is 34.0 Å². The first-order valence-corrected chi connectivity index (χ1v) is 10.9. The number of benzene rings is 1. The van der Waals surface area contributed by atoms with E-state index in [4.69, 9.17) is 0 Å². The lowest BCUT2D eigenvalue weighted by Crippen LogP contribution is -2.35. The quantitative estimate of drug-likeness (QED) is 0.434. The van der Waals surface area contributed by atoms with Crippen LogP contribution in [0.4, 0.5) is 5.82 Å². The minimum absolute atomic E-state index is 0.180. The van der Waals surface area contributed by atoms with Crippen LogP contribution in [0, 0.1) is 6.92 Å². The topological polar surface area (TPSA) is 89.7 Å². The number of aryl methyl sites for hydroxylation is 3. The van der Waals surface area contributed by atoms with E-state index in [9.17, 15) is 4.79 Å². The van der Waals surface area contributed by atoms with Crippen LogP contribution in [-0.2, 0) is 18.9 Å². The number of anilines is 1. The molecule has 0 spiro atoms. The molecule has 8 heteroatoms. The molecule has 1 aromatic carbocycles. The largest absolute Gasteiger partial charge is 0.309 e. The van der Waals surface area contributed by atoms with Crippen LogP contribution in [0.5, 0.6) is 0 Å². The Morgan fingerprint density at radius 3 is 2.24 bits per heavy atom. The lowest BCUT2D eigenvalue weighted by atomic mass is 9.99. The summed E-state index contributed by atoms with van der Waals surface area (Å²) in [6.45, 7) is 4.87. The van der Waals surface area contributed by atoms with Crippen LogP contribution < -0.4 is 10.6 Å². The summed E-state index contributed by atoms with van der Waals surface area (Å²) < 4.78 is 3.44. The summed E-state index contributed by atoms with van der Waals surface area (Å²) in [5.41, 5.74) is 5.18. The molecule has 0 saturated heterocycles. The van der Waals surface area contributed by atoms with Crippen LogP contribution in [0.1, 0.15) is 35.6 Å². The summed E-state index contributed by atoms with van der Waals surface area (Å²) in [5, 5.41) is 14.8. The average Bonchev–Trinajstić information content (AvgIpc) is 3.43. The van der Waals surface area contributed by atoms with E-state index >= 15 is 0 Å². The van der Waals surface area contributed by atoms with Crippen LogP contribution in [0.15, 0.2) is 67.4 Å². The second kappa shape index (κ2) is 9.79. The van der Waals surface area contributed by atoms with Crippen molar-refractivity contribution in [3.05, 3.63) is 84.1 Å². The molecule has 1 amide bonds. The van der Waals surface area contributed by atoms with E-state index in [-0.39, 0.29) is 11.8 Å². The van der Waals surface area contributed by atoms with Crippen LogP contribution in [0.3, 0.4) is 0 Å². The molecule has 0 fully saturated rings. The molecule has 0 unspecified atom stereocenters. The number of rotatable bonds is 8. The maximum Gasteiger partial charge on any atom is 0.247 e. The van der Waals surface area contributed by atoms with Gasteiger partial charge < -0.3 is 10.6 Å². The smallest absolute Gasteiger partial charge is 0.247 e. The average molecular weight is 444 g/mol. The van der Waals surface area contributed by atoms with Gasteiger partial charge in [-0.05, 0) is 30.5 Å². The minimum Gasteiger partial charge on any atom is -0.309 e. The third-order valence-electron chi connectivity index (χ3n) is 5.65. The van der Waals surface area contributed by atoms with Crippen LogP contribution >= 0.6 is 0 Å². The van der Waals surface area contributed by atoms with Gasteiger partial charge in [0.1, 0.15) is 11.9 Å². The number of hydrogen-bond acceptors (Lipinski definition) is 5. The minimum atomic E-state index is -0.550. The number of amides is 1. The maximum absolute atomic E-state index is 13.2. The Kier molecular flexibility index (Phi) is 6.65. The van der Waals surface area contributed by atoms with Gasteiger partial charge >= 0.3 is 0 Å². The van der Waals surface area contributed by atoms with E-state index in [2.05, 4.69) is 63.9 Å². The number of nitrogens with zero attached hydrogens (tertiary/aromatic N) is 5. The molecule has 0 aliphatic heterocycles. The molecule has 0 aliphatic rings. The zero-order valence-corrected chi connectivity index (χ0v) is 19.4. The van der Waals surface area contributed by atoms with Crippen molar-refractivity contribution in [1.82, 2.24) is 29.9 Å². The molecule has 8 nitrogen and oxygen atoms in total. The van der Waals surface area contributed by atoms with Crippen molar-refractivity contribution < 1.29 is 4.79 Å². The highest BCUT2D eigenvalue weighted by molar-refractivity contribution is 5.94. The Hall–Kier alpha value is -3.78. The number of carbonyl (C=O) groups is 1. The van der Waals surface area contributed by atoms with Crippen molar-refractivity contribution in [1.29, 1.82) is 0 Å². The number of carbonyl (C=O) groups excluding carboxylic acids is 1. The summed E-state index contributed by atoms with van der Waals surface area (Å²) in [6.07, 6.45) is 9.01. The summed E-state index contributed by atoms with van der Waals surface area (Å²) >= 11 is 0. The molecule has 170 valence electrons. The van der Waals surface area contributed by atoms with Gasteiger partial charge in [0, 0.05) is 55.9 Å². The Morgan fingerprint density at radius 1 is 0.909 bits per heavy atom. The predicted molar refractivity (Wildman–Crippen MR) is 129 cm³/mol. The highest BCUT2D eigenvalue weighted by atomic mass is 16.2.